The molecule has 0 bridgehead atoms. The van der Waals surface area contributed by atoms with Crippen LogP contribution in [0.15, 0.2) is 24.3 Å². The van der Waals surface area contributed by atoms with Crippen LogP contribution in [0.25, 0.3) is 0 Å². The summed E-state index contributed by atoms with van der Waals surface area (Å²) in [5.74, 6) is 0.0579. The molecule has 3 heteroatoms. The maximum atomic E-state index is 12.3. The molecule has 0 aliphatic carbocycles. The normalized spacial score (nSPS) is 10.6. The molecule has 0 fully saturated rings. The summed E-state index contributed by atoms with van der Waals surface area (Å²) < 4.78 is 0.648. The quantitative estimate of drug-likeness (QED) is 0.727. The molecular weight excluding hydrogens is 252 g/mol. The van der Waals surface area contributed by atoms with Gasteiger partial charge in [0.2, 0.25) is 5.78 Å². The molecule has 0 saturated heterocycles. The zero-order valence-corrected chi connectivity index (χ0v) is 11.6. The molecule has 1 aromatic carbocycles. The first-order valence-electron chi connectivity index (χ1n) is 5.37. The van der Waals surface area contributed by atoms with Crippen LogP contribution in [0.3, 0.4) is 0 Å². The highest BCUT2D eigenvalue weighted by molar-refractivity contribution is 7.18. The van der Waals surface area contributed by atoms with Crippen molar-refractivity contribution in [2.75, 3.05) is 0 Å². The summed E-state index contributed by atoms with van der Waals surface area (Å²) in [6.07, 6.45) is 0. The van der Waals surface area contributed by atoms with Crippen LogP contribution in [0, 0.1) is 20.8 Å². The maximum absolute atomic E-state index is 12.3. The minimum absolute atomic E-state index is 0.0579. The van der Waals surface area contributed by atoms with Crippen molar-refractivity contribution in [1.29, 1.82) is 0 Å². The lowest BCUT2D eigenvalue weighted by molar-refractivity contribution is 0.104. The fourth-order valence-corrected chi connectivity index (χ4v) is 2.77. The predicted molar refractivity (Wildman–Crippen MR) is 73.4 cm³/mol. The van der Waals surface area contributed by atoms with E-state index in [0.29, 0.717) is 9.21 Å². The largest absolute Gasteiger partial charge is 0.288 e. The van der Waals surface area contributed by atoms with Crippen molar-refractivity contribution in [1.82, 2.24) is 0 Å². The third-order valence-electron chi connectivity index (χ3n) is 2.88. The Morgan fingerprint density at radius 2 is 1.71 bits per heavy atom. The van der Waals surface area contributed by atoms with Gasteiger partial charge in [-0.15, -0.1) is 11.3 Å². The first kappa shape index (κ1) is 12.3. The average molecular weight is 265 g/mol. The van der Waals surface area contributed by atoms with E-state index < -0.39 is 0 Å². The van der Waals surface area contributed by atoms with E-state index >= 15 is 0 Å². The van der Waals surface area contributed by atoms with Gasteiger partial charge >= 0.3 is 0 Å². The van der Waals surface area contributed by atoms with Crippen molar-refractivity contribution in [2.45, 2.75) is 20.8 Å². The Morgan fingerprint density at radius 1 is 1.06 bits per heavy atom. The predicted octanol–water partition coefficient (Wildman–Crippen LogP) is 4.56. The molecule has 2 rings (SSSR count). The van der Waals surface area contributed by atoms with E-state index in [0.717, 1.165) is 16.7 Å². The SMILES string of the molecule is Cc1cc(C)c(C(=O)c2ccc(Cl)s2)cc1C. The topological polar surface area (TPSA) is 17.1 Å². The number of rotatable bonds is 2. The van der Waals surface area contributed by atoms with Crippen LogP contribution in [-0.4, -0.2) is 5.78 Å². The van der Waals surface area contributed by atoms with Gasteiger partial charge in [0.1, 0.15) is 0 Å². The molecule has 88 valence electrons. The summed E-state index contributed by atoms with van der Waals surface area (Å²) in [6, 6.07) is 7.55. The molecule has 0 aliphatic heterocycles. The van der Waals surface area contributed by atoms with Crippen molar-refractivity contribution in [2.24, 2.45) is 0 Å². The van der Waals surface area contributed by atoms with Crippen LogP contribution in [0.4, 0.5) is 0 Å². The van der Waals surface area contributed by atoms with Crippen molar-refractivity contribution >= 4 is 28.7 Å². The molecule has 0 atom stereocenters. The smallest absolute Gasteiger partial charge is 0.203 e. The van der Waals surface area contributed by atoms with Gasteiger partial charge < -0.3 is 0 Å². The van der Waals surface area contributed by atoms with Crippen molar-refractivity contribution in [3.05, 3.63) is 55.7 Å². The fraction of sp³-hybridized carbons (Fsp3) is 0.214. The Bertz CT molecular complexity index is 584. The summed E-state index contributed by atoms with van der Waals surface area (Å²) in [6.45, 7) is 6.04. The van der Waals surface area contributed by atoms with Crippen molar-refractivity contribution in [3.8, 4) is 0 Å². The van der Waals surface area contributed by atoms with Gasteiger partial charge in [-0.25, -0.2) is 0 Å². The highest BCUT2D eigenvalue weighted by Gasteiger charge is 2.14. The molecule has 0 aliphatic rings. The average Bonchev–Trinajstić information content (AvgIpc) is 2.69. The van der Waals surface area contributed by atoms with E-state index in [4.69, 9.17) is 11.6 Å². The number of carbonyl (C=O) groups is 1. The van der Waals surface area contributed by atoms with E-state index in [2.05, 4.69) is 13.0 Å². The Labute approximate surface area is 110 Å². The number of thiophene rings is 1. The van der Waals surface area contributed by atoms with Crippen molar-refractivity contribution in [3.63, 3.8) is 0 Å². The van der Waals surface area contributed by atoms with E-state index in [1.54, 1.807) is 12.1 Å². The van der Waals surface area contributed by atoms with Gasteiger partial charge in [0.25, 0.3) is 0 Å². The molecule has 0 spiro atoms. The summed E-state index contributed by atoms with van der Waals surface area (Å²) in [4.78, 5) is 13.0. The van der Waals surface area contributed by atoms with Gasteiger partial charge in [-0.2, -0.15) is 0 Å². The Morgan fingerprint density at radius 3 is 2.29 bits per heavy atom. The van der Waals surface area contributed by atoms with Crippen LogP contribution >= 0.6 is 22.9 Å². The zero-order chi connectivity index (χ0) is 12.6. The lowest BCUT2D eigenvalue weighted by atomic mass is 9.97. The molecule has 0 unspecified atom stereocenters. The van der Waals surface area contributed by atoms with Gasteiger partial charge in [0.15, 0.2) is 0 Å². The van der Waals surface area contributed by atoms with Gasteiger partial charge in [0.05, 0.1) is 9.21 Å². The zero-order valence-electron chi connectivity index (χ0n) is 10.0. The number of carbonyl (C=O) groups excluding carboxylic acids is 1. The molecule has 1 heterocycles. The summed E-state index contributed by atoms with van der Waals surface area (Å²) in [5, 5.41) is 0. The fourth-order valence-electron chi connectivity index (χ4n) is 1.77. The van der Waals surface area contributed by atoms with Crippen LogP contribution in [-0.2, 0) is 0 Å². The lowest BCUT2D eigenvalue weighted by Gasteiger charge is -2.07. The molecule has 0 radical (unpaired) electrons. The molecule has 0 amide bonds. The number of aryl methyl sites for hydroxylation is 3. The second-order valence-electron chi connectivity index (χ2n) is 4.18. The Hall–Kier alpha value is -1.12. The Kier molecular flexibility index (Phi) is 3.36. The molecule has 1 nitrogen and oxygen atoms in total. The van der Waals surface area contributed by atoms with Gasteiger partial charge in [-0.1, -0.05) is 17.7 Å². The Balaban J connectivity index is 2.47. The molecule has 0 saturated carbocycles. The summed E-state index contributed by atoms with van der Waals surface area (Å²) in [7, 11) is 0. The monoisotopic (exact) mass is 264 g/mol. The van der Waals surface area contributed by atoms with Gasteiger partial charge in [-0.3, -0.25) is 4.79 Å². The maximum Gasteiger partial charge on any atom is 0.203 e. The highest BCUT2D eigenvalue weighted by atomic mass is 35.5. The van der Waals surface area contributed by atoms with E-state index in [-0.39, 0.29) is 5.78 Å². The molecule has 0 N–H and O–H groups in total. The number of ketones is 1. The van der Waals surface area contributed by atoms with Gasteiger partial charge in [-0.05, 0) is 55.7 Å². The standard InChI is InChI=1S/C14H13ClOS/c1-8-6-10(3)11(7-9(8)2)14(16)12-4-5-13(15)17-12/h4-7H,1-3H3. The first-order chi connectivity index (χ1) is 7.99. The third kappa shape index (κ3) is 2.43. The molecule has 2 aromatic rings. The van der Waals surface area contributed by atoms with Crippen molar-refractivity contribution < 1.29 is 4.79 Å². The van der Waals surface area contributed by atoms with Gasteiger partial charge in [0, 0.05) is 5.56 Å². The molecule has 1 aromatic heterocycles. The van der Waals surface area contributed by atoms with E-state index in [1.165, 1.54) is 16.9 Å². The molecular formula is C14H13ClOS. The first-order valence-corrected chi connectivity index (χ1v) is 6.56. The summed E-state index contributed by atoms with van der Waals surface area (Å²) in [5.41, 5.74) is 4.14. The van der Waals surface area contributed by atoms with Crippen LogP contribution in [0.2, 0.25) is 4.34 Å². The lowest BCUT2D eigenvalue weighted by Crippen LogP contribution is -2.03. The minimum atomic E-state index is 0.0579. The summed E-state index contributed by atoms with van der Waals surface area (Å²) >= 11 is 7.18. The minimum Gasteiger partial charge on any atom is -0.288 e. The van der Waals surface area contributed by atoms with E-state index in [1.807, 2.05) is 19.9 Å². The van der Waals surface area contributed by atoms with Crippen LogP contribution in [0.5, 0.6) is 0 Å². The number of hydrogen-bond acceptors (Lipinski definition) is 2. The third-order valence-corrected chi connectivity index (χ3v) is 4.11. The highest BCUT2D eigenvalue weighted by Crippen LogP contribution is 2.26. The van der Waals surface area contributed by atoms with Crippen LogP contribution < -0.4 is 0 Å². The number of halogens is 1. The number of hydrogen-bond donors (Lipinski definition) is 0. The second kappa shape index (κ2) is 4.63. The second-order valence-corrected chi connectivity index (χ2v) is 5.90. The van der Waals surface area contributed by atoms with E-state index in [9.17, 15) is 4.79 Å². The number of benzene rings is 1. The molecule has 17 heavy (non-hydrogen) atoms. The van der Waals surface area contributed by atoms with Crippen LogP contribution in [0.1, 0.15) is 31.9 Å².